The molecule has 1 aromatic heterocycles. The van der Waals surface area contributed by atoms with Crippen molar-refractivity contribution in [1.82, 2.24) is 15.0 Å². The summed E-state index contributed by atoms with van der Waals surface area (Å²) in [6, 6.07) is 9.63. The van der Waals surface area contributed by atoms with Gasteiger partial charge in [0.2, 0.25) is 10.0 Å². The number of sulfonamides is 1. The van der Waals surface area contributed by atoms with Gasteiger partial charge in [0.15, 0.2) is 6.61 Å². The highest BCUT2D eigenvalue weighted by molar-refractivity contribution is 7.89. The van der Waals surface area contributed by atoms with Crippen LogP contribution in [-0.4, -0.2) is 32.5 Å². The third-order valence-electron chi connectivity index (χ3n) is 3.54. The van der Waals surface area contributed by atoms with Crippen molar-refractivity contribution in [2.45, 2.75) is 31.2 Å². The van der Waals surface area contributed by atoms with Crippen molar-refractivity contribution >= 4 is 15.9 Å². The Balaban J connectivity index is 1.80. The Bertz CT molecular complexity index is 793. The van der Waals surface area contributed by atoms with Gasteiger partial charge in [0.25, 0.3) is 5.91 Å². The summed E-state index contributed by atoms with van der Waals surface area (Å²) in [5, 5.41) is 2.72. The van der Waals surface area contributed by atoms with Crippen LogP contribution in [0.2, 0.25) is 0 Å². The van der Waals surface area contributed by atoms with E-state index in [9.17, 15) is 13.2 Å². The molecule has 1 amide bonds. The summed E-state index contributed by atoms with van der Waals surface area (Å²) >= 11 is 0. The lowest BCUT2D eigenvalue weighted by Gasteiger charge is -2.09. The lowest BCUT2D eigenvalue weighted by atomic mass is 10.3. The SMILES string of the molecule is CCCCNS(=O)(=O)c1ccc(OCC(=O)NCc2cccnc2)cc1. The molecule has 0 bridgehead atoms. The Labute approximate surface area is 153 Å². The van der Waals surface area contributed by atoms with E-state index in [1.807, 2.05) is 13.0 Å². The molecule has 8 heteroatoms. The van der Waals surface area contributed by atoms with Gasteiger partial charge >= 0.3 is 0 Å². The van der Waals surface area contributed by atoms with Gasteiger partial charge in [-0.3, -0.25) is 9.78 Å². The minimum atomic E-state index is -3.51. The second-order valence-corrected chi connectivity index (χ2v) is 7.42. The van der Waals surface area contributed by atoms with Gasteiger partial charge < -0.3 is 10.1 Å². The summed E-state index contributed by atoms with van der Waals surface area (Å²) in [4.78, 5) is 15.9. The quantitative estimate of drug-likeness (QED) is 0.616. The Morgan fingerprint density at radius 2 is 1.96 bits per heavy atom. The van der Waals surface area contributed by atoms with Crippen LogP contribution >= 0.6 is 0 Å². The zero-order chi connectivity index (χ0) is 18.8. The first-order valence-corrected chi connectivity index (χ1v) is 9.87. The van der Waals surface area contributed by atoms with Crippen LogP contribution in [0.1, 0.15) is 25.3 Å². The Hall–Kier alpha value is -2.45. The van der Waals surface area contributed by atoms with Gasteiger partial charge in [0.1, 0.15) is 5.75 Å². The van der Waals surface area contributed by atoms with Crippen LogP contribution in [0.4, 0.5) is 0 Å². The molecule has 0 spiro atoms. The van der Waals surface area contributed by atoms with Gasteiger partial charge in [0, 0.05) is 25.5 Å². The molecule has 0 saturated carbocycles. The van der Waals surface area contributed by atoms with Crippen molar-refractivity contribution < 1.29 is 17.9 Å². The molecule has 1 heterocycles. The Kier molecular flexibility index (Phi) is 7.55. The zero-order valence-electron chi connectivity index (χ0n) is 14.6. The first kappa shape index (κ1) is 19.9. The molecule has 2 rings (SSSR count). The molecule has 7 nitrogen and oxygen atoms in total. The number of hydrogen-bond donors (Lipinski definition) is 2. The molecular formula is C18H23N3O4S. The van der Waals surface area contributed by atoms with Crippen molar-refractivity contribution in [3.05, 3.63) is 54.4 Å². The molecule has 2 N–H and O–H groups in total. The minimum Gasteiger partial charge on any atom is -0.484 e. The summed E-state index contributed by atoms with van der Waals surface area (Å²) in [7, 11) is -3.51. The third kappa shape index (κ3) is 6.45. The summed E-state index contributed by atoms with van der Waals surface area (Å²) < 4.78 is 32.1. The van der Waals surface area contributed by atoms with E-state index in [1.54, 1.807) is 18.5 Å². The predicted molar refractivity (Wildman–Crippen MR) is 98.1 cm³/mol. The lowest BCUT2D eigenvalue weighted by Crippen LogP contribution is -2.28. The van der Waals surface area contributed by atoms with E-state index < -0.39 is 10.0 Å². The zero-order valence-corrected chi connectivity index (χ0v) is 15.5. The third-order valence-corrected chi connectivity index (χ3v) is 5.02. The van der Waals surface area contributed by atoms with Crippen LogP contribution in [0.15, 0.2) is 53.7 Å². The first-order chi connectivity index (χ1) is 12.5. The number of ether oxygens (including phenoxy) is 1. The number of nitrogens with zero attached hydrogens (tertiary/aromatic N) is 1. The van der Waals surface area contributed by atoms with Gasteiger partial charge in [-0.15, -0.1) is 0 Å². The number of amides is 1. The number of hydrogen-bond acceptors (Lipinski definition) is 5. The molecule has 1 aromatic carbocycles. The van der Waals surface area contributed by atoms with Crippen LogP contribution in [0.3, 0.4) is 0 Å². The van der Waals surface area contributed by atoms with Gasteiger partial charge in [-0.25, -0.2) is 13.1 Å². The maximum atomic E-state index is 12.1. The maximum Gasteiger partial charge on any atom is 0.258 e. The number of aromatic nitrogens is 1. The van der Waals surface area contributed by atoms with E-state index in [0.29, 0.717) is 18.8 Å². The smallest absolute Gasteiger partial charge is 0.258 e. The second-order valence-electron chi connectivity index (χ2n) is 5.65. The number of rotatable bonds is 10. The average molecular weight is 377 g/mol. The van der Waals surface area contributed by atoms with E-state index in [4.69, 9.17) is 4.74 Å². The number of carbonyl (C=O) groups is 1. The molecular weight excluding hydrogens is 354 g/mol. The van der Waals surface area contributed by atoms with Crippen molar-refractivity contribution in [3.63, 3.8) is 0 Å². The molecule has 0 atom stereocenters. The largest absolute Gasteiger partial charge is 0.484 e. The summed E-state index contributed by atoms with van der Waals surface area (Å²) in [6.07, 6.45) is 5.04. The highest BCUT2D eigenvalue weighted by Crippen LogP contribution is 2.15. The number of unbranched alkanes of at least 4 members (excludes halogenated alkanes) is 1. The van der Waals surface area contributed by atoms with Crippen LogP contribution in [0.25, 0.3) is 0 Å². The van der Waals surface area contributed by atoms with Crippen molar-refractivity contribution in [2.75, 3.05) is 13.2 Å². The molecule has 0 aliphatic rings. The fraction of sp³-hybridized carbons (Fsp3) is 0.333. The summed E-state index contributed by atoms with van der Waals surface area (Å²) in [5.41, 5.74) is 0.894. The van der Waals surface area contributed by atoms with Crippen LogP contribution in [-0.2, 0) is 21.4 Å². The number of carbonyl (C=O) groups excluding carboxylic acids is 1. The van der Waals surface area contributed by atoms with Crippen molar-refractivity contribution in [2.24, 2.45) is 0 Å². The molecule has 0 aliphatic carbocycles. The fourth-order valence-electron chi connectivity index (χ4n) is 2.08. The van der Waals surface area contributed by atoms with Crippen molar-refractivity contribution in [1.29, 1.82) is 0 Å². The topological polar surface area (TPSA) is 97.4 Å². The van der Waals surface area contributed by atoms with E-state index in [-0.39, 0.29) is 17.4 Å². The van der Waals surface area contributed by atoms with Gasteiger partial charge in [-0.05, 0) is 42.3 Å². The van der Waals surface area contributed by atoms with Crippen molar-refractivity contribution in [3.8, 4) is 5.75 Å². The number of nitrogens with one attached hydrogen (secondary N) is 2. The van der Waals surface area contributed by atoms with E-state index in [1.165, 1.54) is 24.3 Å². The molecule has 0 radical (unpaired) electrons. The average Bonchev–Trinajstić information content (AvgIpc) is 2.66. The highest BCUT2D eigenvalue weighted by Gasteiger charge is 2.13. The van der Waals surface area contributed by atoms with E-state index in [0.717, 1.165) is 18.4 Å². The summed E-state index contributed by atoms with van der Waals surface area (Å²) in [6.45, 7) is 2.62. The number of pyridine rings is 1. The first-order valence-electron chi connectivity index (χ1n) is 8.39. The maximum absolute atomic E-state index is 12.1. The minimum absolute atomic E-state index is 0.152. The van der Waals surface area contributed by atoms with E-state index in [2.05, 4.69) is 15.0 Å². The normalized spacial score (nSPS) is 11.1. The summed E-state index contributed by atoms with van der Waals surface area (Å²) in [5.74, 6) is 0.154. The Morgan fingerprint density at radius 3 is 2.62 bits per heavy atom. The molecule has 26 heavy (non-hydrogen) atoms. The molecule has 0 aliphatic heterocycles. The van der Waals surface area contributed by atoms with Gasteiger partial charge in [-0.2, -0.15) is 0 Å². The highest BCUT2D eigenvalue weighted by atomic mass is 32.2. The fourth-order valence-corrected chi connectivity index (χ4v) is 3.16. The number of benzene rings is 1. The standard InChI is InChI=1S/C18H23N3O4S/c1-2-3-11-21-26(23,24)17-8-6-16(7-9-17)25-14-18(22)20-13-15-5-4-10-19-12-15/h4-10,12,21H,2-3,11,13-14H2,1H3,(H,20,22). The van der Waals surface area contributed by atoms with Gasteiger partial charge in [0.05, 0.1) is 4.90 Å². The molecule has 2 aromatic rings. The molecule has 140 valence electrons. The monoisotopic (exact) mass is 377 g/mol. The van der Waals surface area contributed by atoms with Gasteiger partial charge in [-0.1, -0.05) is 19.4 Å². The lowest BCUT2D eigenvalue weighted by molar-refractivity contribution is -0.123. The predicted octanol–water partition coefficient (Wildman–Crippen LogP) is 1.86. The van der Waals surface area contributed by atoms with E-state index >= 15 is 0 Å². The van der Waals surface area contributed by atoms with Crippen LogP contribution in [0.5, 0.6) is 5.75 Å². The Morgan fingerprint density at radius 1 is 1.19 bits per heavy atom. The van der Waals surface area contributed by atoms with Crippen LogP contribution in [0, 0.1) is 0 Å². The molecule has 0 fully saturated rings. The molecule has 0 saturated heterocycles. The molecule has 0 unspecified atom stereocenters. The van der Waals surface area contributed by atoms with Crippen LogP contribution < -0.4 is 14.8 Å². The second kappa shape index (κ2) is 9.88.